The highest BCUT2D eigenvalue weighted by Gasteiger charge is 2.33. The number of halogens is 1. The molecule has 0 heterocycles. The van der Waals surface area contributed by atoms with Gasteiger partial charge in [0.05, 0.1) is 10.6 Å². The second-order valence-electron chi connectivity index (χ2n) is 4.47. The van der Waals surface area contributed by atoms with Gasteiger partial charge in [0.1, 0.15) is 0 Å². The summed E-state index contributed by atoms with van der Waals surface area (Å²) >= 11 is 3.30. The number of benzene rings is 1. The molecule has 0 aromatic heterocycles. The first kappa shape index (κ1) is 13.1. The van der Waals surface area contributed by atoms with Gasteiger partial charge in [0.15, 0.2) is 9.84 Å². The fourth-order valence-electron chi connectivity index (χ4n) is 1.93. The summed E-state index contributed by atoms with van der Waals surface area (Å²) in [6.07, 6.45) is 2.28. The molecule has 1 saturated carbocycles. The Morgan fingerprint density at radius 1 is 1.35 bits per heavy atom. The molecular formula is C12H16BrNO2S. The van der Waals surface area contributed by atoms with E-state index >= 15 is 0 Å². The summed E-state index contributed by atoms with van der Waals surface area (Å²) in [4.78, 5) is 0.404. The minimum Gasteiger partial charge on any atom is -0.316 e. The lowest BCUT2D eigenvalue weighted by Gasteiger charge is -2.15. The predicted molar refractivity (Wildman–Crippen MR) is 71.8 cm³/mol. The maximum Gasteiger partial charge on any atom is 0.179 e. The Hall–Kier alpha value is -0.390. The van der Waals surface area contributed by atoms with Crippen LogP contribution in [0.3, 0.4) is 0 Å². The third kappa shape index (κ3) is 3.30. The summed E-state index contributed by atoms with van der Waals surface area (Å²) in [5.41, 5.74) is 0. The second-order valence-corrected chi connectivity index (χ2v) is 7.42. The van der Waals surface area contributed by atoms with E-state index in [1.54, 1.807) is 24.3 Å². The first-order valence-corrected chi connectivity index (χ1v) is 8.13. The van der Waals surface area contributed by atoms with E-state index in [0.29, 0.717) is 10.8 Å². The molecule has 1 aromatic carbocycles. The lowest BCUT2D eigenvalue weighted by Crippen LogP contribution is -2.34. The third-order valence-corrected chi connectivity index (χ3v) is 5.45. The van der Waals surface area contributed by atoms with Gasteiger partial charge in [-0.1, -0.05) is 15.9 Å². The Bertz CT molecular complexity index is 480. The minimum atomic E-state index is -3.18. The molecule has 1 unspecified atom stereocenters. The van der Waals surface area contributed by atoms with Gasteiger partial charge in [0.2, 0.25) is 0 Å². The Morgan fingerprint density at radius 2 is 1.94 bits per heavy atom. The van der Waals surface area contributed by atoms with Crippen LogP contribution in [0.5, 0.6) is 0 Å². The van der Waals surface area contributed by atoms with Crippen LogP contribution < -0.4 is 5.32 Å². The first-order chi connectivity index (χ1) is 8.03. The zero-order chi connectivity index (χ0) is 12.5. The van der Waals surface area contributed by atoms with E-state index in [9.17, 15) is 8.42 Å². The number of hydrogen-bond donors (Lipinski definition) is 1. The van der Waals surface area contributed by atoms with E-state index in [1.165, 1.54) is 0 Å². The molecule has 1 fully saturated rings. The van der Waals surface area contributed by atoms with Crippen LogP contribution in [0.25, 0.3) is 0 Å². The maximum atomic E-state index is 12.2. The van der Waals surface area contributed by atoms with Crippen molar-refractivity contribution < 1.29 is 8.42 Å². The molecule has 5 heteroatoms. The van der Waals surface area contributed by atoms with Gasteiger partial charge in [-0.25, -0.2) is 8.42 Å². The lowest BCUT2D eigenvalue weighted by molar-refractivity contribution is 0.527. The monoisotopic (exact) mass is 317 g/mol. The molecule has 1 N–H and O–H groups in total. The zero-order valence-electron chi connectivity index (χ0n) is 9.69. The highest BCUT2D eigenvalue weighted by molar-refractivity contribution is 9.10. The quantitative estimate of drug-likeness (QED) is 0.905. The Balaban J connectivity index is 2.15. The fraction of sp³-hybridized carbons (Fsp3) is 0.500. The summed E-state index contributed by atoms with van der Waals surface area (Å²) in [6.45, 7) is 0. The van der Waals surface area contributed by atoms with Crippen LogP contribution >= 0.6 is 15.9 Å². The third-order valence-electron chi connectivity index (χ3n) is 3.13. The highest BCUT2D eigenvalue weighted by atomic mass is 79.9. The maximum absolute atomic E-state index is 12.2. The van der Waals surface area contributed by atoms with E-state index in [-0.39, 0.29) is 11.8 Å². The van der Waals surface area contributed by atoms with Crippen LogP contribution in [-0.2, 0) is 9.84 Å². The van der Waals surface area contributed by atoms with Crippen molar-refractivity contribution >= 4 is 25.8 Å². The summed E-state index contributed by atoms with van der Waals surface area (Å²) in [5, 5.41) is 3.11. The molecule has 1 aliphatic rings. The van der Waals surface area contributed by atoms with Gasteiger partial charge in [-0.15, -0.1) is 0 Å². The van der Waals surface area contributed by atoms with E-state index in [4.69, 9.17) is 0 Å². The molecule has 1 aliphatic carbocycles. The van der Waals surface area contributed by atoms with Crippen molar-refractivity contribution in [3.63, 3.8) is 0 Å². The molecule has 0 bridgehead atoms. The van der Waals surface area contributed by atoms with Gasteiger partial charge in [0.25, 0.3) is 0 Å². The molecule has 0 radical (unpaired) electrons. The van der Waals surface area contributed by atoms with Crippen molar-refractivity contribution in [3.8, 4) is 0 Å². The number of hydrogen-bond acceptors (Lipinski definition) is 3. The van der Waals surface area contributed by atoms with Crippen LogP contribution in [0.15, 0.2) is 33.6 Å². The predicted octanol–water partition coefficient (Wildman–Crippen LogP) is 2.22. The van der Waals surface area contributed by atoms with Crippen LogP contribution in [0.1, 0.15) is 12.8 Å². The normalized spacial score (nSPS) is 18.0. The molecule has 2 rings (SSSR count). The topological polar surface area (TPSA) is 46.2 Å². The number of sulfone groups is 1. The molecule has 0 spiro atoms. The van der Waals surface area contributed by atoms with Crippen molar-refractivity contribution in [3.05, 3.63) is 28.7 Å². The SMILES string of the molecule is CNC(CS(=O)(=O)c1ccc(Br)cc1)C1CC1. The second kappa shape index (κ2) is 5.08. The molecule has 1 atom stereocenters. The van der Waals surface area contributed by atoms with Crippen LogP contribution in [0.4, 0.5) is 0 Å². The van der Waals surface area contributed by atoms with Crippen molar-refractivity contribution in [2.75, 3.05) is 12.8 Å². The van der Waals surface area contributed by atoms with Crippen LogP contribution in [0.2, 0.25) is 0 Å². The lowest BCUT2D eigenvalue weighted by atomic mass is 10.2. The van der Waals surface area contributed by atoms with Gasteiger partial charge in [-0.05, 0) is 50.1 Å². The minimum absolute atomic E-state index is 0.0867. The van der Waals surface area contributed by atoms with Gasteiger partial charge >= 0.3 is 0 Å². The summed E-state index contributed by atoms with van der Waals surface area (Å²) in [7, 11) is -1.34. The van der Waals surface area contributed by atoms with E-state index in [0.717, 1.165) is 17.3 Å². The molecule has 94 valence electrons. The largest absolute Gasteiger partial charge is 0.316 e. The molecular weight excluding hydrogens is 302 g/mol. The smallest absolute Gasteiger partial charge is 0.179 e. The molecule has 0 aliphatic heterocycles. The molecule has 1 aromatic rings. The number of nitrogens with one attached hydrogen (secondary N) is 1. The van der Waals surface area contributed by atoms with Crippen molar-refractivity contribution in [2.24, 2.45) is 5.92 Å². The summed E-state index contributed by atoms with van der Waals surface area (Å²) in [5.74, 6) is 0.723. The summed E-state index contributed by atoms with van der Waals surface area (Å²) < 4.78 is 25.3. The summed E-state index contributed by atoms with van der Waals surface area (Å²) in [6, 6.07) is 6.91. The van der Waals surface area contributed by atoms with Gasteiger partial charge < -0.3 is 5.32 Å². The molecule has 3 nitrogen and oxygen atoms in total. The van der Waals surface area contributed by atoms with Crippen molar-refractivity contribution in [2.45, 2.75) is 23.8 Å². The average molecular weight is 318 g/mol. The van der Waals surface area contributed by atoms with Gasteiger partial charge in [0, 0.05) is 10.5 Å². The molecule has 0 amide bonds. The Morgan fingerprint density at radius 3 is 2.41 bits per heavy atom. The molecule has 17 heavy (non-hydrogen) atoms. The average Bonchev–Trinajstić information content (AvgIpc) is 3.10. The van der Waals surface area contributed by atoms with Crippen LogP contribution in [0, 0.1) is 5.92 Å². The van der Waals surface area contributed by atoms with Crippen molar-refractivity contribution in [1.29, 1.82) is 0 Å². The Labute approximate surface area is 111 Å². The highest BCUT2D eigenvalue weighted by Crippen LogP contribution is 2.33. The van der Waals surface area contributed by atoms with Gasteiger partial charge in [-0.2, -0.15) is 0 Å². The fourth-order valence-corrected chi connectivity index (χ4v) is 3.85. The first-order valence-electron chi connectivity index (χ1n) is 5.68. The zero-order valence-corrected chi connectivity index (χ0v) is 12.1. The molecule has 0 saturated heterocycles. The van der Waals surface area contributed by atoms with E-state index in [1.807, 2.05) is 7.05 Å². The van der Waals surface area contributed by atoms with Crippen LogP contribution in [-0.4, -0.2) is 27.3 Å². The van der Waals surface area contributed by atoms with Gasteiger partial charge in [-0.3, -0.25) is 0 Å². The van der Waals surface area contributed by atoms with E-state index < -0.39 is 9.84 Å². The Kier molecular flexibility index (Phi) is 3.90. The van der Waals surface area contributed by atoms with E-state index in [2.05, 4.69) is 21.2 Å². The standard InChI is InChI=1S/C12H16BrNO2S/c1-14-12(9-2-3-9)8-17(15,16)11-6-4-10(13)5-7-11/h4-7,9,12,14H,2-3,8H2,1H3. The van der Waals surface area contributed by atoms with Crippen molar-refractivity contribution in [1.82, 2.24) is 5.32 Å². The number of rotatable bonds is 5.